The van der Waals surface area contributed by atoms with Crippen LogP contribution in [0.3, 0.4) is 0 Å². The summed E-state index contributed by atoms with van der Waals surface area (Å²) in [4.78, 5) is 20.5. The van der Waals surface area contributed by atoms with E-state index in [1.807, 2.05) is 48.5 Å². The first-order chi connectivity index (χ1) is 17.3. The topological polar surface area (TPSA) is 70.6 Å². The van der Waals surface area contributed by atoms with E-state index in [0.29, 0.717) is 18.2 Å². The molecule has 0 unspecified atom stereocenters. The van der Waals surface area contributed by atoms with E-state index in [9.17, 15) is 13.2 Å². The second kappa shape index (κ2) is 9.94. The number of halogens is 1. The molecule has 1 aliphatic rings. The Bertz CT molecular complexity index is 1510. The first-order valence-electron chi connectivity index (χ1n) is 11.9. The van der Waals surface area contributed by atoms with Crippen LogP contribution in [0.2, 0.25) is 5.02 Å². The molecule has 1 aliphatic heterocycles. The number of anilines is 2. The van der Waals surface area contributed by atoms with E-state index in [0.717, 1.165) is 34.3 Å². The van der Waals surface area contributed by atoms with Crippen molar-refractivity contribution in [2.75, 3.05) is 18.0 Å². The minimum Gasteiger partial charge on any atom is -0.268 e. The second-order valence-corrected chi connectivity index (χ2v) is 12.4. The third-order valence-electron chi connectivity index (χ3n) is 6.34. The van der Waals surface area contributed by atoms with E-state index in [1.165, 1.54) is 27.8 Å². The fourth-order valence-electron chi connectivity index (χ4n) is 4.47. The fraction of sp³-hybridized carbons (Fsp3) is 0.259. The first-order valence-corrected chi connectivity index (χ1v) is 14.5. The molecule has 0 saturated carbocycles. The molecular weight excluding hydrogens is 514 g/mol. The Morgan fingerprint density at radius 3 is 2.44 bits per heavy atom. The molecule has 1 aromatic heterocycles. The SMILES string of the molecule is CC(C)c1ccccc1N(C(=O)c1ccc(Cl)c(S(=O)(=O)N2CCCC2)c1)c1nc2ccccc2s1. The van der Waals surface area contributed by atoms with Crippen molar-refractivity contribution in [3.63, 3.8) is 0 Å². The molecule has 0 radical (unpaired) electrons. The van der Waals surface area contributed by atoms with Crippen molar-refractivity contribution in [3.05, 3.63) is 82.9 Å². The molecular formula is C27H26ClN3O3S2. The van der Waals surface area contributed by atoms with Gasteiger partial charge in [-0.3, -0.25) is 9.69 Å². The summed E-state index contributed by atoms with van der Waals surface area (Å²) in [6, 6.07) is 19.9. The maximum absolute atomic E-state index is 14.2. The minimum atomic E-state index is -3.80. The lowest BCUT2D eigenvalue weighted by Gasteiger charge is -2.25. The predicted octanol–water partition coefficient (Wildman–Crippen LogP) is 6.84. The molecule has 5 rings (SSSR count). The maximum atomic E-state index is 14.2. The highest BCUT2D eigenvalue weighted by molar-refractivity contribution is 7.89. The van der Waals surface area contributed by atoms with Crippen LogP contribution in [0.4, 0.5) is 10.8 Å². The summed E-state index contributed by atoms with van der Waals surface area (Å²) in [5.74, 6) is -0.209. The number of benzene rings is 3. The van der Waals surface area contributed by atoms with E-state index in [1.54, 1.807) is 11.0 Å². The molecule has 0 N–H and O–H groups in total. The summed E-state index contributed by atoms with van der Waals surface area (Å²) in [6.07, 6.45) is 1.62. The lowest BCUT2D eigenvalue weighted by molar-refractivity contribution is 0.0999. The third-order valence-corrected chi connectivity index (χ3v) is 9.74. The summed E-state index contributed by atoms with van der Waals surface area (Å²) >= 11 is 7.77. The number of carbonyl (C=O) groups is 1. The van der Waals surface area contributed by atoms with Crippen LogP contribution in [-0.4, -0.2) is 36.7 Å². The van der Waals surface area contributed by atoms with Gasteiger partial charge in [-0.15, -0.1) is 0 Å². The molecule has 0 spiro atoms. The second-order valence-electron chi connectivity index (χ2n) is 9.07. The fourth-order valence-corrected chi connectivity index (χ4v) is 7.46. The number of rotatable bonds is 6. The number of sulfonamides is 1. The normalized spacial score (nSPS) is 14.6. The summed E-state index contributed by atoms with van der Waals surface area (Å²) in [5.41, 5.74) is 2.74. The molecule has 36 heavy (non-hydrogen) atoms. The number of carbonyl (C=O) groups excluding carboxylic acids is 1. The average molecular weight is 540 g/mol. The van der Waals surface area contributed by atoms with Gasteiger partial charge < -0.3 is 0 Å². The molecule has 3 aromatic carbocycles. The number of para-hydroxylation sites is 2. The van der Waals surface area contributed by atoms with E-state index in [2.05, 4.69) is 13.8 Å². The maximum Gasteiger partial charge on any atom is 0.264 e. The van der Waals surface area contributed by atoms with Crippen molar-refractivity contribution in [2.24, 2.45) is 0 Å². The third kappa shape index (κ3) is 4.54. The molecule has 1 saturated heterocycles. The minimum absolute atomic E-state index is 0.0432. The molecule has 186 valence electrons. The number of nitrogens with zero attached hydrogens (tertiary/aromatic N) is 3. The monoisotopic (exact) mass is 539 g/mol. The number of hydrogen-bond acceptors (Lipinski definition) is 5. The van der Waals surface area contributed by atoms with Crippen LogP contribution in [-0.2, 0) is 10.0 Å². The zero-order chi connectivity index (χ0) is 25.4. The van der Waals surface area contributed by atoms with Crippen molar-refractivity contribution in [2.45, 2.75) is 37.5 Å². The Morgan fingerprint density at radius 2 is 1.72 bits per heavy atom. The van der Waals surface area contributed by atoms with Crippen molar-refractivity contribution < 1.29 is 13.2 Å². The quantitative estimate of drug-likeness (QED) is 0.269. The van der Waals surface area contributed by atoms with Gasteiger partial charge in [0.25, 0.3) is 5.91 Å². The average Bonchev–Trinajstić information content (AvgIpc) is 3.55. The van der Waals surface area contributed by atoms with Gasteiger partial charge in [-0.2, -0.15) is 4.31 Å². The van der Waals surface area contributed by atoms with Gasteiger partial charge in [-0.05, 0) is 60.7 Å². The van der Waals surface area contributed by atoms with Crippen molar-refractivity contribution >= 4 is 59.9 Å². The standard InChI is InChI=1S/C27H26ClN3O3S2/c1-18(2)20-9-3-5-11-23(20)31(27-29-22-10-4-6-12-24(22)35-27)26(32)19-13-14-21(28)25(17-19)36(33,34)30-15-7-8-16-30/h3-6,9-14,17-18H,7-8,15-16H2,1-2H3. The van der Waals surface area contributed by atoms with Gasteiger partial charge in [0.2, 0.25) is 10.0 Å². The van der Waals surface area contributed by atoms with Gasteiger partial charge in [0.15, 0.2) is 5.13 Å². The number of thiazole rings is 1. The molecule has 2 heterocycles. The number of hydrogen-bond donors (Lipinski definition) is 0. The van der Waals surface area contributed by atoms with E-state index in [4.69, 9.17) is 16.6 Å². The smallest absolute Gasteiger partial charge is 0.264 e. The largest absolute Gasteiger partial charge is 0.268 e. The number of amides is 1. The lowest BCUT2D eigenvalue weighted by atomic mass is 10.00. The van der Waals surface area contributed by atoms with E-state index < -0.39 is 10.0 Å². The van der Waals surface area contributed by atoms with Gasteiger partial charge in [0.1, 0.15) is 4.90 Å². The van der Waals surface area contributed by atoms with Crippen LogP contribution in [0, 0.1) is 0 Å². The van der Waals surface area contributed by atoms with Gasteiger partial charge in [0, 0.05) is 18.7 Å². The van der Waals surface area contributed by atoms with E-state index in [-0.39, 0.29) is 27.3 Å². The molecule has 0 atom stereocenters. The number of fused-ring (bicyclic) bond motifs is 1. The molecule has 1 fully saturated rings. The highest BCUT2D eigenvalue weighted by atomic mass is 35.5. The van der Waals surface area contributed by atoms with Crippen LogP contribution in [0.5, 0.6) is 0 Å². The zero-order valence-electron chi connectivity index (χ0n) is 20.0. The Hall–Kier alpha value is -2.78. The van der Waals surface area contributed by atoms with Crippen molar-refractivity contribution in [3.8, 4) is 0 Å². The Morgan fingerprint density at radius 1 is 1.03 bits per heavy atom. The van der Waals surface area contributed by atoms with Gasteiger partial charge in [0.05, 0.1) is 20.9 Å². The summed E-state index contributed by atoms with van der Waals surface area (Å²) < 4.78 is 29.0. The first kappa shape index (κ1) is 24.9. The Labute approximate surface area is 220 Å². The van der Waals surface area contributed by atoms with Crippen LogP contribution in [0.15, 0.2) is 71.6 Å². The molecule has 4 aromatic rings. The summed E-state index contributed by atoms with van der Waals surface area (Å²) in [6.45, 7) is 5.05. The summed E-state index contributed by atoms with van der Waals surface area (Å²) in [5, 5.41) is 0.626. The Kier molecular flexibility index (Phi) is 6.87. The van der Waals surface area contributed by atoms with Crippen LogP contribution in [0.1, 0.15) is 48.5 Å². The molecule has 1 amide bonds. The lowest BCUT2D eigenvalue weighted by Crippen LogP contribution is -2.29. The van der Waals surface area contributed by atoms with Crippen molar-refractivity contribution in [1.29, 1.82) is 0 Å². The van der Waals surface area contributed by atoms with Crippen LogP contribution < -0.4 is 4.90 Å². The molecule has 0 bridgehead atoms. The van der Waals surface area contributed by atoms with E-state index >= 15 is 0 Å². The molecule has 0 aliphatic carbocycles. The molecule has 9 heteroatoms. The summed E-state index contributed by atoms with van der Waals surface area (Å²) in [7, 11) is -3.80. The highest BCUT2D eigenvalue weighted by Crippen LogP contribution is 2.39. The number of aromatic nitrogens is 1. The highest BCUT2D eigenvalue weighted by Gasteiger charge is 2.32. The van der Waals surface area contributed by atoms with Crippen LogP contribution in [0.25, 0.3) is 10.2 Å². The Balaban J connectivity index is 1.66. The van der Waals surface area contributed by atoms with Gasteiger partial charge in [-0.25, -0.2) is 13.4 Å². The zero-order valence-corrected chi connectivity index (χ0v) is 22.4. The van der Waals surface area contributed by atoms with Crippen molar-refractivity contribution in [1.82, 2.24) is 9.29 Å². The van der Waals surface area contributed by atoms with Crippen LogP contribution >= 0.6 is 22.9 Å². The molecule has 6 nitrogen and oxygen atoms in total. The van der Waals surface area contributed by atoms with Gasteiger partial charge >= 0.3 is 0 Å². The van der Waals surface area contributed by atoms with Gasteiger partial charge in [-0.1, -0.05) is 67.1 Å². The predicted molar refractivity (Wildman–Crippen MR) is 146 cm³/mol.